The van der Waals surface area contributed by atoms with Gasteiger partial charge in [-0.25, -0.2) is 0 Å². The summed E-state index contributed by atoms with van der Waals surface area (Å²) in [5, 5.41) is 83.1. The maximum Gasteiger partial charge on any atom is 0.320 e. The van der Waals surface area contributed by atoms with Crippen LogP contribution in [0.1, 0.15) is 51.4 Å². The van der Waals surface area contributed by atoms with E-state index in [0.29, 0.717) is 0 Å². The van der Waals surface area contributed by atoms with Crippen molar-refractivity contribution in [3.05, 3.63) is 0 Å². The summed E-state index contributed by atoms with van der Waals surface area (Å²) in [6, 6.07) is -6.11. The molecule has 1 aliphatic rings. The Labute approximate surface area is 274 Å². The first kappa shape index (κ1) is 41.6. The molecule has 0 aromatic carbocycles. The van der Waals surface area contributed by atoms with Crippen molar-refractivity contribution >= 4 is 47.8 Å². The van der Waals surface area contributed by atoms with Gasteiger partial charge in [0.2, 0.25) is 0 Å². The van der Waals surface area contributed by atoms with E-state index in [0.717, 1.165) is 0 Å². The lowest BCUT2D eigenvalue weighted by molar-refractivity contribution is -0.314. The molecule has 1 saturated heterocycles. The first-order valence-corrected chi connectivity index (χ1v) is 15.1. The molecule has 272 valence electrons. The lowest BCUT2D eigenvalue weighted by Gasteiger charge is -2.42. The molecule has 0 amide bonds. The molecule has 0 bridgehead atoms. The van der Waals surface area contributed by atoms with Crippen LogP contribution >= 0.6 is 0 Å². The molecular weight excluding hydrogens is 648 g/mol. The lowest BCUT2D eigenvalue weighted by Crippen LogP contribution is -2.59. The summed E-state index contributed by atoms with van der Waals surface area (Å²) in [5.74, 6) is -11.7. The van der Waals surface area contributed by atoms with Crippen LogP contribution in [0.25, 0.3) is 0 Å². The summed E-state index contributed by atoms with van der Waals surface area (Å²) < 4.78 is 0. The van der Waals surface area contributed by atoms with Gasteiger partial charge in [0.25, 0.3) is 0 Å². The second kappa shape index (κ2) is 20.8. The molecule has 4 atom stereocenters. The maximum atomic E-state index is 12.3. The molecule has 0 radical (unpaired) electrons. The van der Waals surface area contributed by atoms with E-state index in [1.807, 2.05) is 0 Å². The Hall–Kier alpha value is -4.40. The van der Waals surface area contributed by atoms with E-state index < -0.39 is 123 Å². The fraction of sp³-hybridized carbons (Fsp3) is 0.714. The van der Waals surface area contributed by atoms with Gasteiger partial charge in [-0.1, -0.05) is 0 Å². The van der Waals surface area contributed by atoms with Crippen molar-refractivity contribution < 1.29 is 79.2 Å². The van der Waals surface area contributed by atoms with Gasteiger partial charge in [-0.15, -0.1) is 0 Å². The number of carbonyl (C=O) groups is 8. The Kier molecular flexibility index (Phi) is 18.0. The Bertz CT molecular complexity index is 974. The van der Waals surface area contributed by atoms with E-state index in [4.69, 9.17) is 15.3 Å². The van der Waals surface area contributed by atoms with Crippen molar-refractivity contribution in [1.29, 1.82) is 0 Å². The third-order valence-corrected chi connectivity index (χ3v) is 8.09. The van der Waals surface area contributed by atoms with E-state index in [-0.39, 0.29) is 52.4 Å². The quantitative estimate of drug-likeness (QED) is 0.0795. The van der Waals surface area contributed by atoms with Crippen LogP contribution in [0, 0.1) is 0 Å². The third kappa shape index (κ3) is 15.0. The minimum atomic E-state index is -1.68. The maximum absolute atomic E-state index is 12.3. The molecule has 0 aliphatic carbocycles. The highest BCUT2D eigenvalue weighted by molar-refractivity contribution is 5.76. The van der Waals surface area contributed by atoms with Gasteiger partial charge in [0, 0.05) is 96.2 Å². The van der Waals surface area contributed by atoms with Gasteiger partial charge >= 0.3 is 29.8 Å². The molecule has 1 aliphatic heterocycles. The van der Waals surface area contributed by atoms with Crippen LogP contribution in [0.4, 0.5) is 0 Å². The Morgan fingerprint density at radius 2 is 0.583 bits per heavy atom. The summed E-state index contributed by atoms with van der Waals surface area (Å²) in [7, 11) is 0. The molecule has 4 unspecified atom stereocenters. The Balaban J connectivity index is 3.70. The molecule has 20 heteroatoms. The zero-order valence-electron chi connectivity index (χ0n) is 26.1. The molecule has 0 aromatic heterocycles. The molecule has 20 nitrogen and oxygen atoms in total. The monoisotopic (exact) mass is 689 g/mol. The summed E-state index contributed by atoms with van der Waals surface area (Å²) in [6.45, 7) is -2.28. The zero-order valence-corrected chi connectivity index (χ0v) is 26.1. The summed E-state index contributed by atoms with van der Waals surface area (Å²) in [4.78, 5) is 98.8. The van der Waals surface area contributed by atoms with Gasteiger partial charge < -0.3 is 55.2 Å². The van der Waals surface area contributed by atoms with Crippen LogP contribution < -0.4 is 15.3 Å². The highest BCUT2D eigenvalue weighted by Gasteiger charge is 2.32. The van der Waals surface area contributed by atoms with Crippen molar-refractivity contribution in [1.82, 2.24) is 19.6 Å². The molecular formula is C28H41N4O16-3. The van der Waals surface area contributed by atoms with E-state index in [9.17, 15) is 63.9 Å². The van der Waals surface area contributed by atoms with Gasteiger partial charge in [0.05, 0.1) is 17.9 Å². The van der Waals surface area contributed by atoms with Gasteiger partial charge in [-0.3, -0.25) is 43.6 Å². The number of carbonyl (C=O) groups excluding carboxylic acids is 3. The number of carboxylic acid groups (broad SMARTS) is 8. The summed E-state index contributed by atoms with van der Waals surface area (Å²) >= 11 is 0. The predicted octanol–water partition coefficient (Wildman–Crippen LogP) is -5.52. The molecule has 48 heavy (non-hydrogen) atoms. The normalized spacial score (nSPS) is 18.7. The van der Waals surface area contributed by atoms with Gasteiger partial charge in [0.1, 0.15) is 6.04 Å². The van der Waals surface area contributed by atoms with E-state index >= 15 is 0 Å². The number of nitrogens with zero attached hydrogens (tertiary/aromatic N) is 4. The standard InChI is InChI=1S/C28H44N4O16/c33-21(34)5-1-17(25(41)42)29-9-11-30(18(26(43)44)2-6-22(35)36)13-15-32(20(28(47)48)4-8-24(39)40)16-14-31(12-10-29)19(27(45)46)3-7-23(37)38/h17-20H,1-16H2,(H,33,34)(H,35,36)(H,37,38)(H,39,40)(H,41,42)(H,43,44)(H,45,46)(H,47,48)/p-3. The van der Waals surface area contributed by atoms with Crippen LogP contribution in [-0.4, -0.2) is 169 Å². The van der Waals surface area contributed by atoms with E-state index in [1.165, 1.54) is 19.6 Å². The second-order valence-electron chi connectivity index (χ2n) is 11.2. The number of rotatable bonds is 20. The average molecular weight is 690 g/mol. The largest absolute Gasteiger partial charge is 0.548 e. The first-order valence-electron chi connectivity index (χ1n) is 15.1. The average Bonchev–Trinajstić information content (AvgIpc) is 2.95. The van der Waals surface area contributed by atoms with Crippen LogP contribution in [0.5, 0.6) is 0 Å². The van der Waals surface area contributed by atoms with Crippen LogP contribution in [0.3, 0.4) is 0 Å². The molecule has 0 saturated carbocycles. The van der Waals surface area contributed by atoms with Crippen molar-refractivity contribution in [2.45, 2.75) is 75.5 Å². The molecule has 5 N–H and O–H groups in total. The van der Waals surface area contributed by atoms with Gasteiger partial charge in [-0.05, 0) is 25.7 Å². The minimum absolute atomic E-state index is 0.269. The van der Waals surface area contributed by atoms with Crippen molar-refractivity contribution in [2.75, 3.05) is 52.4 Å². The number of aliphatic carboxylic acids is 8. The molecule has 1 fully saturated rings. The molecule has 0 aromatic rings. The first-order chi connectivity index (χ1) is 22.4. The van der Waals surface area contributed by atoms with Gasteiger partial charge in [0.15, 0.2) is 0 Å². The van der Waals surface area contributed by atoms with E-state index in [2.05, 4.69) is 0 Å². The lowest BCUT2D eigenvalue weighted by atomic mass is 10.1. The molecule has 0 spiro atoms. The predicted molar refractivity (Wildman–Crippen MR) is 152 cm³/mol. The third-order valence-electron chi connectivity index (χ3n) is 8.09. The fourth-order valence-electron chi connectivity index (χ4n) is 5.57. The smallest absolute Gasteiger partial charge is 0.320 e. The van der Waals surface area contributed by atoms with Crippen molar-refractivity contribution in [3.63, 3.8) is 0 Å². The number of hydrogen-bond acceptors (Lipinski definition) is 15. The number of hydrogen-bond donors (Lipinski definition) is 5. The zero-order chi connectivity index (χ0) is 36.6. The summed E-state index contributed by atoms with van der Waals surface area (Å²) in [5.41, 5.74) is 0. The van der Waals surface area contributed by atoms with Crippen LogP contribution in [0.15, 0.2) is 0 Å². The van der Waals surface area contributed by atoms with E-state index in [1.54, 1.807) is 0 Å². The van der Waals surface area contributed by atoms with Crippen molar-refractivity contribution in [2.24, 2.45) is 0 Å². The highest BCUT2D eigenvalue weighted by atomic mass is 16.4. The highest BCUT2D eigenvalue weighted by Crippen LogP contribution is 2.17. The molecule has 1 rings (SSSR count). The van der Waals surface area contributed by atoms with Crippen molar-refractivity contribution in [3.8, 4) is 0 Å². The van der Waals surface area contributed by atoms with Gasteiger partial charge in [-0.2, -0.15) is 0 Å². The summed E-state index contributed by atoms with van der Waals surface area (Å²) in [6.07, 6.45) is -4.14. The molecule has 1 heterocycles. The Morgan fingerprint density at radius 1 is 0.396 bits per heavy atom. The SMILES string of the molecule is O=C(O)CCC(C(=O)[O-])N1CCN(C(CCC(=O)O)C(=O)[O-])CCN(C(CCC(=O)O)C(=O)O)CCN(C(CCC(=O)O)C(=O)[O-])CC1. The number of carboxylic acids is 8. The Morgan fingerprint density at radius 3 is 0.750 bits per heavy atom. The topological polar surface area (TPSA) is 320 Å². The second-order valence-corrected chi connectivity index (χ2v) is 11.2. The van der Waals surface area contributed by atoms with Crippen LogP contribution in [0.2, 0.25) is 0 Å². The fourth-order valence-corrected chi connectivity index (χ4v) is 5.57. The minimum Gasteiger partial charge on any atom is -0.548 e. The van der Waals surface area contributed by atoms with Crippen LogP contribution in [-0.2, 0) is 38.4 Å².